The molecule has 4 amide bonds. The lowest BCUT2D eigenvalue weighted by molar-refractivity contribution is 0.0912. The summed E-state index contributed by atoms with van der Waals surface area (Å²) in [6, 6.07) is 54.4. The summed E-state index contributed by atoms with van der Waals surface area (Å²) < 4.78 is 148. The second-order valence-electron chi connectivity index (χ2n) is 27.4. The fourth-order valence-corrected chi connectivity index (χ4v) is 17.5. The lowest BCUT2D eigenvalue weighted by atomic mass is 10.1. The van der Waals surface area contributed by atoms with Crippen molar-refractivity contribution in [3.63, 3.8) is 0 Å². The van der Waals surface area contributed by atoms with E-state index in [9.17, 15) is 62.0 Å². The number of sulfonamides is 1. The number of amides is 4. The van der Waals surface area contributed by atoms with Crippen molar-refractivity contribution >= 4 is 176 Å². The smallest absolute Gasteiger partial charge is 0.278 e. The molecular weight excluding hydrogens is 1930 g/mol. The minimum Gasteiger partial charge on any atom is -0.429 e. The number of nitrogens with zero attached hydrogens (tertiary/aromatic N) is 9. The third-order valence-electron chi connectivity index (χ3n) is 17.9. The van der Waals surface area contributed by atoms with Crippen LogP contribution in [0.5, 0.6) is 0 Å². The molecule has 0 aliphatic carbocycles. The molecule has 0 radical (unpaired) electrons. The number of thioether (sulfide) groups is 1. The Labute approximate surface area is 781 Å². The Morgan fingerprint density at radius 3 is 0.846 bits per heavy atom. The zero-order chi connectivity index (χ0) is 92.6. The SMILES string of the molecule is CS(=O)(=O)N1CCC(NC(=O)c2nc(-c3ccc(F)cc3)oc2Sc2ccc(Cl)cn2)CC1.CS(=O)(=O)c1ccc(NC(=O)c2nc(-c3ccc(F)cc3)oc2Sc2ccc(Cl)cn2)cc1.CS(=O)(=O)c1ccc(NC(=O)c2nc(-c3ccc(F)cc3)oc2Sc2ccc(Cl)cn2)cc1.CSc1ccc(NC(=O)c2nc(-c3ccc(F)cc3)oc2Sc2ccc(Cl)cn2)cc1. The Kier molecular flexibility index (Phi) is 32.0. The van der Waals surface area contributed by atoms with E-state index in [1.807, 2.05) is 30.5 Å². The summed E-state index contributed by atoms with van der Waals surface area (Å²) in [6.45, 7) is 0.666. The fourth-order valence-electron chi connectivity index (χ4n) is 11.4. The molecule has 4 N–H and O–H groups in total. The summed E-state index contributed by atoms with van der Waals surface area (Å²) in [4.78, 5) is 87.6. The summed E-state index contributed by atoms with van der Waals surface area (Å²) in [5.41, 5.74) is 3.58. The lowest BCUT2D eigenvalue weighted by Gasteiger charge is -2.30. The van der Waals surface area contributed by atoms with Crippen LogP contribution >= 0.6 is 105 Å². The predicted octanol–water partition coefficient (Wildman–Crippen LogP) is 21.2. The molecule has 0 spiro atoms. The molecule has 7 aromatic carbocycles. The third kappa shape index (κ3) is 26.8. The number of sulfone groups is 2. The molecule has 666 valence electrons. The van der Waals surface area contributed by atoms with Gasteiger partial charge in [0.05, 0.1) is 36.1 Å². The van der Waals surface area contributed by atoms with Gasteiger partial charge < -0.3 is 38.9 Å². The first-order chi connectivity index (χ1) is 62.1. The Morgan fingerprint density at radius 1 is 0.362 bits per heavy atom. The zero-order valence-electron chi connectivity index (χ0n) is 67.5. The highest BCUT2D eigenvalue weighted by Gasteiger charge is 2.32. The molecule has 0 saturated carbocycles. The molecule has 8 aromatic heterocycles. The van der Waals surface area contributed by atoms with Crippen molar-refractivity contribution in [3.05, 3.63) is 309 Å². The summed E-state index contributed by atoms with van der Waals surface area (Å²) in [5, 5.41) is 16.0. The highest BCUT2D eigenvalue weighted by atomic mass is 35.5. The van der Waals surface area contributed by atoms with Crippen LogP contribution in [0.1, 0.15) is 54.8 Å². The van der Waals surface area contributed by atoms with Crippen LogP contribution in [-0.4, -0.2) is 137 Å². The molecule has 9 heterocycles. The van der Waals surface area contributed by atoms with Crippen molar-refractivity contribution < 1.29 is 79.7 Å². The fraction of sp³-hybridized carbons (Fsp3) is 0.103. The molecule has 0 bridgehead atoms. The summed E-state index contributed by atoms with van der Waals surface area (Å²) >= 11 is 29.6. The number of carbonyl (C=O) groups is 4. The Hall–Kier alpha value is -11.7. The second-order valence-corrected chi connectivity index (χ2v) is 40.0. The van der Waals surface area contributed by atoms with Gasteiger partial charge in [-0.25, -0.2) is 87.0 Å². The van der Waals surface area contributed by atoms with E-state index in [0.29, 0.717) is 105 Å². The number of rotatable bonds is 24. The molecule has 16 rings (SSSR count). The summed E-state index contributed by atoms with van der Waals surface area (Å²) in [6.07, 6.45) is 12.2. The topological polar surface area (TPSA) is 378 Å². The van der Waals surface area contributed by atoms with Crippen molar-refractivity contribution in [1.82, 2.24) is 49.5 Å². The van der Waals surface area contributed by atoms with Crippen LogP contribution in [-0.2, 0) is 29.7 Å². The second kappa shape index (κ2) is 43.4. The van der Waals surface area contributed by atoms with E-state index in [4.69, 9.17) is 64.1 Å². The zero-order valence-corrected chi connectivity index (χ0v) is 77.1. The van der Waals surface area contributed by atoms with Crippen molar-refractivity contribution in [2.45, 2.75) is 74.0 Å². The Balaban J connectivity index is 0.000000148. The molecular formula is C87H65Cl4F4N13O14S8. The maximum Gasteiger partial charge on any atom is 0.278 e. The van der Waals surface area contributed by atoms with E-state index >= 15 is 0 Å². The van der Waals surface area contributed by atoms with E-state index in [0.717, 1.165) is 64.5 Å². The molecule has 27 nitrogen and oxygen atoms in total. The van der Waals surface area contributed by atoms with E-state index in [-0.39, 0.29) is 88.4 Å². The number of oxazole rings is 4. The molecule has 1 fully saturated rings. The molecule has 0 unspecified atom stereocenters. The minimum atomic E-state index is -3.36. The number of halogens is 8. The Bertz CT molecular complexity index is 6690. The average molecular weight is 1990 g/mol. The molecule has 1 saturated heterocycles. The van der Waals surface area contributed by atoms with Crippen LogP contribution in [0.2, 0.25) is 20.1 Å². The lowest BCUT2D eigenvalue weighted by Crippen LogP contribution is -2.46. The van der Waals surface area contributed by atoms with Crippen LogP contribution in [0, 0.1) is 23.3 Å². The largest absolute Gasteiger partial charge is 0.429 e. The van der Waals surface area contributed by atoms with Gasteiger partial charge in [0.2, 0.25) is 54.0 Å². The van der Waals surface area contributed by atoms with Crippen LogP contribution in [0.3, 0.4) is 0 Å². The number of pyridine rings is 4. The van der Waals surface area contributed by atoms with Crippen molar-refractivity contribution in [2.75, 3.05) is 54.1 Å². The summed E-state index contributed by atoms with van der Waals surface area (Å²) in [5.74, 6) is -2.98. The molecule has 0 atom stereocenters. The van der Waals surface area contributed by atoms with Gasteiger partial charge >= 0.3 is 0 Å². The van der Waals surface area contributed by atoms with Crippen LogP contribution < -0.4 is 21.3 Å². The van der Waals surface area contributed by atoms with Gasteiger partial charge in [-0.3, -0.25) is 19.2 Å². The average Bonchev–Trinajstić information content (AvgIpc) is 1.68. The van der Waals surface area contributed by atoms with E-state index < -0.39 is 70.8 Å². The van der Waals surface area contributed by atoms with Crippen molar-refractivity contribution in [2.24, 2.45) is 0 Å². The first-order valence-corrected chi connectivity index (χ1v) is 49.4. The van der Waals surface area contributed by atoms with Gasteiger partial charge in [-0.2, -0.15) is 0 Å². The van der Waals surface area contributed by atoms with Crippen LogP contribution in [0.4, 0.5) is 34.6 Å². The standard InChI is InChI=1S/2C22H15ClFN3O4S2.C22H15ClFN3O2S2.C21H20ClFN4O4S2/c2*1-33(29,30)17-9-7-16(8-10-17)26-20(28)19-22(32-18-11-4-14(23)12-25-18)31-21(27-19)13-2-5-15(24)6-3-13;1-30-17-9-7-16(8-10-17)26-20(28)19-22(31-18-11-4-14(23)12-25-18)29-21(27-19)13-2-5-15(24)6-3-13;1-33(29,30)27-10-8-16(9-11-27)25-19(28)18-21(32-17-7-4-14(22)12-24-17)31-20(26-18)13-2-5-15(23)6-3-13/h2*2-12H,1H3,(H,26,28);2-12H,1H3,(H,26,28);2-7,12,16H,8-11H2,1H3,(H,25,28). The quantitative estimate of drug-likeness (QED) is 0.0322. The first kappa shape index (κ1) is 95.9. The van der Waals surface area contributed by atoms with Gasteiger partial charge in [-0.15, -0.1) is 11.8 Å². The van der Waals surface area contributed by atoms with Gasteiger partial charge in [0.25, 0.3) is 23.6 Å². The van der Waals surface area contributed by atoms with Gasteiger partial charge in [0.15, 0.2) is 42.5 Å². The van der Waals surface area contributed by atoms with E-state index in [1.54, 1.807) is 72.4 Å². The van der Waals surface area contributed by atoms with E-state index in [2.05, 4.69) is 61.1 Å². The molecule has 15 aromatic rings. The number of nitrogens with one attached hydrogen (secondary N) is 4. The maximum atomic E-state index is 13.3. The molecule has 130 heavy (non-hydrogen) atoms. The minimum absolute atomic E-state index is 0.0109. The monoisotopic (exact) mass is 1990 g/mol. The molecule has 43 heteroatoms. The van der Waals surface area contributed by atoms with Gasteiger partial charge in [0, 0.05) is 101 Å². The maximum absolute atomic E-state index is 13.3. The third-order valence-corrected chi connectivity index (χ3v) is 26.7. The van der Waals surface area contributed by atoms with Crippen LogP contribution in [0.25, 0.3) is 45.8 Å². The van der Waals surface area contributed by atoms with Gasteiger partial charge in [0.1, 0.15) is 43.4 Å². The van der Waals surface area contributed by atoms with Crippen molar-refractivity contribution in [3.8, 4) is 45.8 Å². The number of aromatic nitrogens is 8. The predicted molar refractivity (Wildman–Crippen MR) is 489 cm³/mol. The van der Waals surface area contributed by atoms with Gasteiger partial charge in [-0.1, -0.05) is 46.4 Å². The molecule has 1 aliphatic rings. The van der Waals surface area contributed by atoms with Crippen LogP contribution in [0.15, 0.2) is 316 Å². The van der Waals surface area contributed by atoms with Crippen molar-refractivity contribution in [1.29, 1.82) is 0 Å². The number of benzene rings is 7. The Morgan fingerprint density at radius 2 is 0.615 bits per heavy atom. The summed E-state index contributed by atoms with van der Waals surface area (Å²) in [7, 11) is -9.98. The molecule has 1 aliphatic heterocycles. The first-order valence-electron chi connectivity index (χ1n) is 37.8. The number of hydrogen-bond donors (Lipinski definition) is 4. The number of piperidine rings is 1. The number of anilines is 3. The van der Waals surface area contributed by atoms with E-state index in [1.165, 1.54) is 169 Å². The number of carbonyl (C=O) groups excluding carboxylic acids is 4. The highest BCUT2D eigenvalue weighted by Crippen LogP contribution is 2.40. The normalized spacial score (nSPS) is 12.3. The number of hydrogen-bond acceptors (Lipinski definition) is 27. The van der Waals surface area contributed by atoms with Gasteiger partial charge in [-0.05, 0) is 285 Å². The highest BCUT2D eigenvalue weighted by molar-refractivity contribution is 8.00.